The van der Waals surface area contributed by atoms with E-state index in [0.29, 0.717) is 0 Å². The van der Waals surface area contributed by atoms with Crippen LogP contribution in [0.25, 0.3) is 156 Å². The van der Waals surface area contributed by atoms with E-state index in [2.05, 4.69) is 297 Å². The molecule has 0 amide bonds. The maximum atomic E-state index is 5.16. The van der Waals surface area contributed by atoms with Gasteiger partial charge in [0.15, 0.2) is 0 Å². The number of nitrogens with zero attached hydrogens (tertiary/aromatic N) is 4. The van der Waals surface area contributed by atoms with E-state index >= 15 is 0 Å². The second kappa shape index (κ2) is 24.8. The lowest BCUT2D eigenvalue weighted by Gasteiger charge is -2.21. The molecule has 0 spiro atoms. The summed E-state index contributed by atoms with van der Waals surface area (Å²) >= 11 is 0. The van der Waals surface area contributed by atoms with Gasteiger partial charge < -0.3 is 0 Å². The molecule has 0 saturated carbocycles. The van der Waals surface area contributed by atoms with Crippen molar-refractivity contribution in [1.82, 2.24) is 19.9 Å². The minimum Gasteiger partial charge on any atom is -0.256 e. The first kappa shape index (κ1) is 54.7. The van der Waals surface area contributed by atoms with Crippen molar-refractivity contribution in [1.29, 1.82) is 0 Å². The van der Waals surface area contributed by atoms with E-state index < -0.39 is 0 Å². The van der Waals surface area contributed by atoms with Crippen molar-refractivity contribution in [2.45, 2.75) is 0 Å². The highest BCUT2D eigenvalue weighted by atomic mass is 14.8. The van der Waals surface area contributed by atoms with Crippen LogP contribution in [0.5, 0.6) is 0 Å². The van der Waals surface area contributed by atoms with Crippen molar-refractivity contribution in [3.63, 3.8) is 0 Å². The molecule has 4 heterocycles. The van der Waals surface area contributed by atoms with E-state index in [-0.39, 0.29) is 0 Å². The summed E-state index contributed by atoms with van der Waals surface area (Å²) in [6.45, 7) is 0. The minimum atomic E-state index is 0.812. The van der Waals surface area contributed by atoms with Crippen LogP contribution in [0, 0.1) is 0 Å². The summed E-state index contributed by atoms with van der Waals surface area (Å²) in [5.74, 6) is 0. The van der Waals surface area contributed by atoms with Crippen molar-refractivity contribution in [3.05, 3.63) is 352 Å². The predicted octanol–water partition coefficient (Wildman–Crippen LogP) is 22.6. The summed E-state index contributed by atoms with van der Waals surface area (Å²) < 4.78 is 0. The second-order valence-electron chi connectivity index (χ2n) is 22.5. The molecule has 0 unspecified atom stereocenters. The molecular formula is C86H58N4. The average Bonchev–Trinajstić information content (AvgIpc) is 1.61. The minimum absolute atomic E-state index is 0.812. The molecule has 15 rings (SSSR count). The Morgan fingerprint density at radius 1 is 0.133 bits per heavy atom. The summed E-state index contributed by atoms with van der Waals surface area (Å²) in [7, 11) is 0. The van der Waals surface area contributed by atoms with E-state index in [9.17, 15) is 0 Å². The van der Waals surface area contributed by atoms with Crippen molar-refractivity contribution in [2.24, 2.45) is 0 Å². The average molecular weight is 1150 g/mol. The zero-order chi connectivity index (χ0) is 60.0. The molecule has 0 aliphatic heterocycles. The number of rotatable bonds is 14. The number of benzene rings is 11. The molecule has 15 aromatic rings. The number of hydrogen-bond acceptors (Lipinski definition) is 4. The molecule has 0 N–H and O–H groups in total. The van der Waals surface area contributed by atoms with Gasteiger partial charge in [-0.2, -0.15) is 0 Å². The number of aromatic nitrogens is 4. The molecular weight excluding hydrogens is 1090 g/mol. The largest absolute Gasteiger partial charge is 0.256 e. The third-order valence-electron chi connectivity index (χ3n) is 17.0. The fourth-order valence-electron chi connectivity index (χ4n) is 12.6. The van der Waals surface area contributed by atoms with Crippen molar-refractivity contribution in [2.75, 3.05) is 0 Å². The third kappa shape index (κ3) is 11.1. The maximum Gasteiger partial charge on any atom is 0.0892 e. The lowest BCUT2D eigenvalue weighted by Crippen LogP contribution is -1.96. The number of pyridine rings is 4. The van der Waals surface area contributed by atoms with Gasteiger partial charge in [0.25, 0.3) is 0 Å². The first-order valence-electron chi connectivity index (χ1n) is 30.5. The molecule has 0 radical (unpaired) electrons. The fraction of sp³-hybridized carbons (Fsp3) is 0. The predicted molar refractivity (Wildman–Crippen MR) is 374 cm³/mol. The first-order chi connectivity index (χ1) is 44.6. The molecule has 0 aliphatic rings. The quantitative estimate of drug-likeness (QED) is 0.109. The van der Waals surface area contributed by atoms with Crippen LogP contribution in [0.2, 0.25) is 0 Å². The Bertz CT molecular complexity index is 4800. The standard InChI is InChI=1S/C86H58N4/c1-4-24-59(25-5-1)62-30-22-32-64(50-62)79-55-66(83-40-16-19-47-87-83)43-45-77(79)74-37-13-10-34-71(74)68-52-69(54-70(53-68)73-36-12-15-39-76(73)82-58-90-86(85-42-18-21-49-89-85)57-81(82)61-28-8-3-9-29-61)72-35-11-14-38-75(72)78-46-44-67(84-41-17-20-48-88-84)56-80(78)65-33-23-31-63(51-65)60-26-6-2-7-27-60/h1-58H. The maximum absolute atomic E-state index is 5.16. The van der Waals surface area contributed by atoms with Gasteiger partial charge in [0.2, 0.25) is 0 Å². The van der Waals surface area contributed by atoms with Crippen LogP contribution in [-0.4, -0.2) is 19.9 Å². The number of hydrogen-bond donors (Lipinski definition) is 0. The first-order valence-corrected chi connectivity index (χ1v) is 30.5. The Labute approximate surface area is 525 Å². The molecule has 4 heteroatoms. The van der Waals surface area contributed by atoms with Gasteiger partial charge in [-0.25, -0.2) is 0 Å². The zero-order valence-corrected chi connectivity index (χ0v) is 49.3. The van der Waals surface area contributed by atoms with Crippen molar-refractivity contribution >= 4 is 0 Å². The van der Waals surface area contributed by atoms with Gasteiger partial charge in [-0.1, -0.05) is 243 Å². The van der Waals surface area contributed by atoms with E-state index in [1.54, 1.807) is 0 Å². The highest BCUT2D eigenvalue weighted by Gasteiger charge is 2.22. The SMILES string of the molecule is c1ccc(-c2cccc(-c3cc(-c4ccccn4)ccc3-c3ccccc3-c3cc(-c4ccccc4-c4ccc(-c5ccccn5)cc4-c4cccc(-c5ccccc5)c4)cc(-c4ccccc4-c4cnc(-c5ccccn5)cc4-c4ccccc4)c3)c2)cc1. The van der Waals surface area contributed by atoms with E-state index in [1.165, 1.54) is 11.1 Å². The van der Waals surface area contributed by atoms with Crippen LogP contribution in [-0.2, 0) is 0 Å². The molecule has 0 saturated heterocycles. The molecule has 0 atom stereocenters. The van der Waals surface area contributed by atoms with Crippen LogP contribution >= 0.6 is 0 Å². The van der Waals surface area contributed by atoms with Gasteiger partial charge in [-0.15, -0.1) is 0 Å². The summed E-state index contributed by atoms with van der Waals surface area (Å²) in [5.41, 5.74) is 29.9. The van der Waals surface area contributed by atoms with Crippen LogP contribution in [0.4, 0.5) is 0 Å². The zero-order valence-electron chi connectivity index (χ0n) is 49.3. The monoisotopic (exact) mass is 1150 g/mol. The molecule has 4 aromatic heterocycles. The summed E-state index contributed by atoms with van der Waals surface area (Å²) in [4.78, 5) is 19.6. The van der Waals surface area contributed by atoms with E-state index in [4.69, 9.17) is 19.9 Å². The lowest BCUT2D eigenvalue weighted by molar-refractivity contribution is 1.25. The summed E-state index contributed by atoms with van der Waals surface area (Å²) in [6.07, 6.45) is 7.60. The van der Waals surface area contributed by atoms with Crippen LogP contribution in [0.1, 0.15) is 0 Å². The van der Waals surface area contributed by atoms with Gasteiger partial charge in [0.05, 0.1) is 22.8 Å². The normalized spacial score (nSPS) is 11.1. The molecule has 11 aromatic carbocycles. The smallest absolute Gasteiger partial charge is 0.0892 e. The van der Waals surface area contributed by atoms with Gasteiger partial charge in [-0.3, -0.25) is 19.9 Å². The highest BCUT2D eigenvalue weighted by molar-refractivity contribution is 6.00. The van der Waals surface area contributed by atoms with Crippen LogP contribution < -0.4 is 0 Å². The third-order valence-corrected chi connectivity index (χ3v) is 17.0. The van der Waals surface area contributed by atoms with E-state index in [1.807, 2.05) is 55.1 Å². The van der Waals surface area contributed by atoms with Gasteiger partial charge in [0.1, 0.15) is 0 Å². The lowest BCUT2D eigenvalue weighted by atomic mass is 9.83. The Kier molecular flexibility index (Phi) is 15.0. The van der Waals surface area contributed by atoms with Gasteiger partial charge in [-0.05, 0) is 202 Å². The second-order valence-corrected chi connectivity index (χ2v) is 22.5. The topological polar surface area (TPSA) is 51.6 Å². The fourth-order valence-corrected chi connectivity index (χ4v) is 12.6. The molecule has 4 nitrogen and oxygen atoms in total. The van der Waals surface area contributed by atoms with Crippen molar-refractivity contribution < 1.29 is 0 Å². The Balaban J connectivity index is 0.963. The molecule has 0 aliphatic carbocycles. The molecule has 422 valence electrons. The molecule has 0 fully saturated rings. The Morgan fingerprint density at radius 3 is 0.878 bits per heavy atom. The van der Waals surface area contributed by atoms with E-state index in [0.717, 1.165) is 145 Å². The summed E-state index contributed by atoms with van der Waals surface area (Å²) in [5, 5.41) is 0. The van der Waals surface area contributed by atoms with Crippen LogP contribution in [0.15, 0.2) is 352 Å². The Morgan fingerprint density at radius 2 is 0.456 bits per heavy atom. The van der Waals surface area contributed by atoms with Gasteiger partial charge >= 0.3 is 0 Å². The van der Waals surface area contributed by atoms with Crippen LogP contribution in [0.3, 0.4) is 0 Å². The van der Waals surface area contributed by atoms with Crippen molar-refractivity contribution in [3.8, 4) is 156 Å². The Hall–Kier alpha value is -12.0. The highest BCUT2D eigenvalue weighted by Crippen LogP contribution is 2.48. The molecule has 0 bridgehead atoms. The molecule has 90 heavy (non-hydrogen) atoms. The summed E-state index contributed by atoms with van der Waals surface area (Å²) in [6, 6.07) is 118. The van der Waals surface area contributed by atoms with Gasteiger partial charge in [0, 0.05) is 41.5 Å².